The van der Waals surface area contributed by atoms with E-state index in [0.717, 1.165) is 0 Å². The van der Waals surface area contributed by atoms with Crippen molar-refractivity contribution in [1.82, 2.24) is 4.98 Å². The number of hydrogen-bond donors (Lipinski definition) is 0. The van der Waals surface area contributed by atoms with Gasteiger partial charge in [0.15, 0.2) is 0 Å². The summed E-state index contributed by atoms with van der Waals surface area (Å²) in [5, 5.41) is 0. The zero-order valence-electron chi connectivity index (χ0n) is 10.8. The summed E-state index contributed by atoms with van der Waals surface area (Å²) in [6, 6.07) is 7.65. The molecule has 102 valence electrons. The van der Waals surface area contributed by atoms with Crippen molar-refractivity contribution in [3.8, 4) is 11.5 Å². The van der Waals surface area contributed by atoms with Crippen LogP contribution < -0.4 is 4.74 Å². The van der Waals surface area contributed by atoms with Gasteiger partial charge in [0.25, 0.3) is 0 Å². The van der Waals surface area contributed by atoms with Crippen LogP contribution in [0.4, 0.5) is 4.39 Å². The molecule has 0 bridgehead atoms. The number of pyridine rings is 1. The molecule has 1 unspecified atom stereocenters. The number of nitrogens with zero attached hydrogens (tertiary/aromatic N) is 1. The van der Waals surface area contributed by atoms with Gasteiger partial charge in [0, 0.05) is 18.2 Å². The van der Waals surface area contributed by atoms with E-state index in [9.17, 15) is 9.18 Å². The summed E-state index contributed by atoms with van der Waals surface area (Å²) in [6.45, 7) is 0. The molecule has 0 saturated heterocycles. The summed E-state index contributed by atoms with van der Waals surface area (Å²) < 4.78 is 24.0. The van der Waals surface area contributed by atoms with Crippen molar-refractivity contribution >= 4 is 5.97 Å². The zero-order chi connectivity index (χ0) is 14.1. The number of carbonyl (C=O) groups excluding carboxylic acids is 1. The maximum atomic E-state index is 13.5. The molecule has 0 saturated carbocycles. The van der Waals surface area contributed by atoms with E-state index in [1.54, 1.807) is 18.3 Å². The molecule has 1 aliphatic rings. The Hall–Kier alpha value is -2.43. The van der Waals surface area contributed by atoms with Crippen LogP contribution in [0.2, 0.25) is 0 Å². The minimum Gasteiger partial charge on any atom is -0.469 e. The second-order valence-electron chi connectivity index (χ2n) is 4.51. The standard InChI is InChI=1S/C15H12FNO3/c1-19-15(18)11-8-12-14(3-2-6-17-12)20-13-5-4-9(16)7-10(11)13/h2-7,11H,8H2,1H3. The van der Waals surface area contributed by atoms with E-state index >= 15 is 0 Å². The van der Waals surface area contributed by atoms with Crippen LogP contribution in [-0.2, 0) is 16.0 Å². The average molecular weight is 273 g/mol. The fourth-order valence-corrected chi connectivity index (χ4v) is 2.33. The largest absolute Gasteiger partial charge is 0.469 e. The van der Waals surface area contributed by atoms with E-state index in [-0.39, 0.29) is 0 Å². The molecule has 1 aliphatic heterocycles. The Bertz CT molecular complexity index is 672. The highest BCUT2D eigenvalue weighted by Gasteiger charge is 2.30. The number of fused-ring (bicyclic) bond motifs is 2. The summed E-state index contributed by atoms with van der Waals surface area (Å²) in [4.78, 5) is 16.2. The Morgan fingerprint density at radius 1 is 1.40 bits per heavy atom. The van der Waals surface area contributed by atoms with E-state index in [2.05, 4.69) is 4.98 Å². The van der Waals surface area contributed by atoms with Gasteiger partial charge in [-0.1, -0.05) is 0 Å². The second kappa shape index (κ2) is 4.92. The summed E-state index contributed by atoms with van der Waals surface area (Å²) in [5.41, 5.74) is 1.13. The van der Waals surface area contributed by atoms with Gasteiger partial charge < -0.3 is 9.47 Å². The molecule has 2 heterocycles. The van der Waals surface area contributed by atoms with E-state index in [4.69, 9.17) is 9.47 Å². The molecular formula is C15H12FNO3. The van der Waals surface area contributed by atoms with E-state index in [0.29, 0.717) is 29.2 Å². The molecule has 2 aromatic rings. The van der Waals surface area contributed by atoms with Crippen molar-refractivity contribution in [2.45, 2.75) is 12.3 Å². The summed E-state index contributed by atoms with van der Waals surface area (Å²) in [6.07, 6.45) is 1.95. The van der Waals surface area contributed by atoms with Gasteiger partial charge >= 0.3 is 5.97 Å². The van der Waals surface area contributed by atoms with Crippen molar-refractivity contribution < 1.29 is 18.7 Å². The van der Waals surface area contributed by atoms with Gasteiger partial charge in [-0.15, -0.1) is 0 Å². The van der Waals surface area contributed by atoms with Gasteiger partial charge in [-0.2, -0.15) is 0 Å². The van der Waals surface area contributed by atoms with E-state index in [1.807, 2.05) is 0 Å². The van der Waals surface area contributed by atoms with Crippen LogP contribution in [0.3, 0.4) is 0 Å². The SMILES string of the molecule is COC(=O)C1Cc2ncccc2Oc2ccc(F)cc21. The summed E-state index contributed by atoms with van der Waals surface area (Å²) >= 11 is 0. The molecule has 0 spiro atoms. The predicted octanol–water partition coefficient (Wildman–Crippen LogP) is 2.83. The van der Waals surface area contributed by atoms with Crippen LogP contribution in [0.1, 0.15) is 17.2 Å². The van der Waals surface area contributed by atoms with Gasteiger partial charge in [-0.25, -0.2) is 4.39 Å². The molecule has 0 aliphatic carbocycles. The first-order valence-corrected chi connectivity index (χ1v) is 6.18. The third kappa shape index (κ3) is 2.11. The van der Waals surface area contributed by atoms with Crippen molar-refractivity contribution in [3.05, 3.63) is 53.6 Å². The number of ether oxygens (including phenoxy) is 2. The number of benzene rings is 1. The second-order valence-corrected chi connectivity index (χ2v) is 4.51. The van der Waals surface area contributed by atoms with Crippen LogP contribution in [0.5, 0.6) is 11.5 Å². The minimum atomic E-state index is -0.623. The van der Waals surface area contributed by atoms with E-state index in [1.165, 1.54) is 25.3 Å². The zero-order valence-corrected chi connectivity index (χ0v) is 10.8. The third-order valence-electron chi connectivity index (χ3n) is 3.30. The molecule has 0 fully saturated rings. The summed E-state index contributed by atoms with van der Waals surface area (Å²) in [5.74, 6) is -0.443. The number of halogens is 1. The number of carbonyl (C=O) groups is 1. The van der Waals surface area contributed by atoms with Gasteiger partial charge in [0.05, 0.1) is 18.7 Å². The molecule has 0 N–H and O–H groups in total. The van der Waals surface area contributed by atoms with Crippen LogP contribution in [0.25, 0.3) is 0 Å². The number of hydrogen-bond acceptors (Lipinski definition) is 4. The Balaban J connectivity index is 2.16. The molecule has 3 rings (SSSR count). The highest BCUT2D eigenvalue weighted by atomic mass is 19.1. The Morgan fingerprint density at radius 3 is 3.05 bits per heavy atom. The highest BCUT2D eigenvalue weighted by Crippen LogP contribution is 2.39. The number of esters is 1. The molecule has 0 amide bonds. The van der Waals surface area contributed by atoms with Crippen LogP contribution in [0.15, 0.2) is 36.5 Å². The van der Waals surface area contributed by atoms with Crippen molar-refractivity contribution in [2.75, 3.05) is 7.11 Å². The first-order chi connectivity index (χ1) is 9.69. The highest BCUT2D eigenvalue weighted by molar-refractivity contribution is 5.80. The molecule has 1 atom stereocenters. The number of aromatic nitrogens is 1. The van der Waals surface area contributed by atoms with Gasteiger partial charge in [0.2, 0.25) is 0 Å². The maximum Gasteiger partial charge on any atom is 0.313 e. The Labute approximate surface area is 115 Å². The van der Waals surface area contributed by atoms with Crippen molar-refractivity contribution in [2.24, 2.45) is 0 Å². The van der Waals surface area contributed by atoms with E-state index < -0.39 is 17.7 Å². The molecule has 1 aromatic carbocycles. The Kier molecular flexibility index (Phi) is 3.10. The molecular weight excluding hydrogens is 261 g/mol. The number of rotatable bonds is 1. The van der Waals surface area contributed by atoms with Crippen LogP contribution in [-0.4, -0.2) is 18.1 Å². The lowest BCUT2D eigenvalue weighted by molar-refractivity contribution is -0.142. The summed E-state index contributed by atoms with van der Waals surface area (Å²) in [7, 11) is 1.31. The van der Waals surface area contributed by atoms with Crippen LogP contribution in [0, 0.1) is 5.82 Å². The average Bonchev–Trinajstić information content (AvgIpc) is 2.63. The normalized spacial score (nSPS) is 16.4. The quantitative estimate of drug-likeness (QED) is 0.750. The topological polar surface area (TPSA) is 48.4 Å². The lowest BCUT2D eigenvalue weighted by atomic mass is 9.94. The molecule has 5 heteroatoms. The number of methoxy groups -OCH3 is 1. The van der Waals surface area contributed by atoms with Crippen LogP contribution >= 0.6 is 0 Å². The maximum absolute atomic E-state index is 13.5. The fraction of sp³-hybridized carbons (Fsp3) is 0.200. The predicted molar refractivity (Wildman–Crippen MR) is 69.2 cm³/mol. The molecule has 4 nitrogen and oxygen atoms in total. The van der Waals surface area contributed by atoms with Crippen molar-refractivity contribution in [3.63, 3.8) is 0 Å². The first-order valence-electron chi connectivity index (χ1n) is 6.18. The fourth-order valence-electron chi connectivity index (χ4n) is 2.33. The monoisotopic (exact) mass is 273 g/mol. The Morgan fingerprint density at radius 2 is 2.25 bits per heavy atom. The minimum absolute atomic E-state index is 0.319. The van der Waals surface area contributed by atoms with Crippen molar-refractivity contribution in [1.29, 1.82) is 0 Å². The van der Waals surface area contributed by atoms with Gasteiger partial charge in [-0.3, -0.25) is 9.78 Å². The van der Waals surface area contributed by atoms with Gasteiger partial charge in [0.1, 0.15) is 17.3 Å². The third-order valence-corrected chi connectivity index (χ3v) is 3.30. The van der Waals surface area contributed by atoms with Gasteiger partial charge in [-0.05, 0) is 30.3 Å². The lowest BCUT2D eigenvalue weighted by Crippen LogP contribution is -2.16. The molecule has 0 radical (unpaired) electrons. The first kappa shape index (κ1) is 12.6. The smallest absolute Gasteiger partial charge is 0.313 e. The molecule has 20 heavy (non-hydrogen) atoms. The molecule has 1 aromatic heterocycles. The lowest BCUT2D eigenvalue weighted by Gasteiger charge is -2.14.